The van der Waals surface area contributed by atoms with Crippen LogP contribution in [0.2, 0.25) is 0 Å². The van der Waals surface area contributed by atoms with Crippen LogP contribution >= 0.6 is 0 Å². The van der Waals surface area contributed by atoms with E-state index in [4.69, 9.17) is 24.1 Å². The molecule has 0 unspecified atom stereocenters. The zero-order chi connectivity index (χ0) is 12.1. The maximum absolute atomic E-state index is 11.0. The van der Waals surface area contributed by atoms with Crippen molar-refractivity contribution in [2.75, 3.05) is 46.9 Å². The molecule has 0 atom stereocenters. The third-order valence-corrected chi connectivity index (χ3v) is 1.63. The lowest BCUT2D eigenvalue weighted by atomic mass is 10.4. The Bertz CT molecular complexity index is 145. The molecule has 0 amide bonds. The third-order valence-electron chi connectivity index (χ3n) is 1.63. The monoisotopic (exact) mass is 236 g/mol. The Morgan fingerprint density at radius 2 is 1.94 bits per heavy atom. The Hall–Kier alpha value is -0.690. The van der Waals surface area contributed by atoms with Gasteiger partial charge in [-0.2, -0.15) is 0 Å². The number of hydrogen-bond acceptors (Lipinski definition) is 6. The summed E-state index contributed by atoms with van der Waals surface area (Å²) < 4.78 is 19.5. The molecule has 0 saturated heterocycles. The highest BCUT2D eigenvalue weighted by atomic mass is 16.7. The van der Waals surface area contributed by atoms with Crippen molar-refractivity contribution in [3.63, 3.8) is 0 Å². The van der Waals surface area contributed by atoms with E-state index in [9.17, 15) is 4.79 Å². The first kappa shape index (κ1) is 15.3. The van der Waals surface area contributed by atoms with Crippen LogP contribution in [0.4, 0.5) is 0 Å². The van der Waals surface area contributed by atoms with E-state index in [2.05, 4.69) is 0 Å². The molecule has 0 spiro atoms. The molecular formula is C10H20O6. The zero-order valence-corrected chi connectivity index (χ0v) is 9.65. The van der Waals surface area contributed by atoms with Gasteiger partial charge < -0.3 is 24.1 Å². The number of rotatable bonds is 11. The summed E-state index contributed by atoms with van der Waals surface area (Å²) >= 11 is 0. The summed E-state index contributed by atoms with van der Waals surface area (Å²) in [5.74, 6) is -0.360. The Morgan fingerprint density at radius 1 is 1.12 bits per heavy atom. The smallest absolute Gasteiger partial charge is 0.310 e. The first-order valence-electron chi connectivity index (χ1n) is 5.22. The van der Waals surface area contributed by atoms with E-state index in [0.717, 1.165) is 0 Å². The summed E-state index contributed by atoms with van der Waals surface area (Å²) in [5, 5.41) is 8.46. The molecule has 16 heavy (non-hydrogen) atoms. The minimum Gasteiger partial charge on any atom is -0.438 e. The number of aliphatic hydroxyl groups excluding tert-OH is 1. The molecule has 0 aliphatic carbocycles. The Morgan fingerprint density at radius 3 is 2.62 bits per heavy atom. The van der Waals surface area contributed by atoms with Crippen molar-refractivity contribution in [3.05, 3.63) is 0 Å². The minimum absolute atomic E-state index is 0.0567. The molecule has 6 heteroatoms. The second-order valence-corrected chi connectivity index (χ2v) is 2.97. The lowest BCUT2D eigenvalue weighted by molar-refractivity contribution is -0.158. The molecular weight excluding hydrogens is 216 g/mol. The Labute approximate surface area is 95.4 Å². The molecule has 0 aromatic rings. The van der Waals surface area contributed by atoms with E-state index < -0.39 is 0 Å². The number of methoxy groups -OCH3 is 1. The van der Waals surface area contributed by atoms with Crippen molar-refractivity contribution in [1.29, 1.82) is 0 Å². The van der Waals surface area contributed by atoms with Crippen molar-refractivity contribution in [1.82, 2.24) is 0 Å². The molecule has 0 fully saturated rings. The quantitative estimate of drug-likeness (QED) is 0.308. The van der Waals surface area contributed by atoms with Crippen molar-refractivity contribution < 1.29 is 28.8 Å². The number of ether oxygens (including phenoxy) is 4. The van der Waals surface area contributed by atoms with Gasteiger partial charge in [0.15, 0.2) is 6.79 Å². The predicted molar refractivity (Wildman–Crippen MR) is 55.9 cm³/mol. The molecule has 0 radical (unpaired) electrons. The SMILES string of the molecule is COCCOCOC(=O)CCOCCCO. The van der Waals surface area contributed by atoms with Gasteiger partial charge in [-0.05, 0) is 6.42 Å². The topological polar surface area (TPSA) is 74.2 Å². The highest BCUT2D eigenvalue weighted by Gasteiger charge is 2.02. The Kier molecular flexibility index (Phi) is 11.8. The summed E-state index contributed by atoms with van der Waals surface area (Å²) in [7, 11) is 1.57. The Balaban J connectivity index is 3.12. The maximum Gasteiger partial charge on any atom is 0.310 e. The van der Waals surface area contributed by atoms with E-state index in [0.29, 0.717) is 32.8 Å². The molecule has 0 aromatic heterocycles. The van der Waals surface area contributed by atoms with Gasteiger partial charge in [0.2, 0.25) is 0 Å². The summed E-state index contributed by atoms with van der Waals surface area (Å²) in [4.78, 5) is 11.0. The normalized spacial score (nSPS) is 10.4. The van der Waals surface area contributed by atoms with Crippen LogP contribution in [0.1, 0.15) is 12.8 Å². The van der Waals surface area contributed by atoms with Crippen molar-refractivity contribution in [3.8, 4) is 0 Å². The van der Waals surface area contributed by atoms with Crippen molar-refractivity contribution >= 4 is 5.97 Å². The van der Waals surface area contributed by atoms with Crippen LogP contribution in [-0.2, 0) is 23.7 Å². The predicted octanol–water partition coefficient (Wildman–Crippen LogP) is -0.0608. The molecule has 0 bridgehead atoms. The first-order valence-corrected chi connectivity index (χ1v) is 5.22. The number of aliphatic hydroxyl groups is 1. The van der Waals surface area contributed by atoms with E-state index in [1.807, 2.05) is 0 Å². The van der Waals surface area contributed by atoms with E-state index in [1.165, 1.54) is 0 Å². The van der Waals surface area contributed by atoms with Crippen LogP contribution in [0.15, 0.2) is 0 Å². The van der Waals surface area contributed by atoms with E-state index >= 15 is 0 Å². The second kappa shape index (κ2) is 12.4. The number of esters is 1. The van der Waals surface area contributed by atoms with Gasteiger partial charge in [-0.3, -0.25) is 4.79 Å². The average Bonchev–Trinajstić information content (AvgIpc) is 2.28. The average molecular weight is 236 g/mol. The molecule has 0 aliphatic rings. The van der Waals surface area contributed by atoms with Gasteiger partial charge in [-0.25, -0.2) is 0 Å². The fourth-order valence-electron chi connectivity index (χ4n) is 0.805. The van der Waals surface area contributed by atoms with Gasteiger partial charge in [0.05, 0.1) is 26.2 Å². The number of carbonyl (C=O) groups excluding carboxylic acids is 1. The number of carbonyl (C=O) groups is 1. The minimum atomic E-state index is -0.360. The van der Waals surface area contributed by atoms with Gasteiger partial charge in [-0.1, -0.05) is 0 Å². The molecule has 0 saturated carbocycles. The van der Waals surface area contributed by atoms with Gasteiger partial charge >= 0.3 is 5.97 Å². The first-order chi connectivity index (χ1) is 7.81. The molecule has 0 aromatic carbocycles. The van der Waals surface area contributed by atoms with Gasteiger partial charge in [0.25, 0.3) is 0 Å². The van der Waals surface area contributed by atoms with Gasteiger partial charge in [-0.15, -0.1) is 0 Å². The fourth-order valence-corrected chi connectivity index (χ4v) is 0.805. The van der Waals surface area contributed by atoms with Crippen LogP contribution in [0.5, 0.6) is 0 Å². The summed E-state index contributed by atoms with van der Waals surface area (Å²) in [6.45, 7) is 1.67. The maximum atomic E-state index is 11.0. The molecule has 6 nitrogen and oxygen atoms in total. The van der Waals surface area contributed by atoms with Crippen molar-refractivity contribution in [2.45, 2.75) is 12.8 Å². The zero-order valence-electron chi connectivity index (χ0n) is 9.65. The third kappa shape index (κ3) is 11.4. The van der Waals surface area contributed by atoms with Gasteiger partial charge in [0.1, 0.15) is 0 Å². The van der Waals surface area contributed by atoms with Crippen LogP contribution in [-0.4, -0.2) is 58.0 Å². The fraction of sp³-hybridized carbons (Fsp3) is 0.900. The lowest BCUT2D eigenvalue weighted by Crippen LogP contribution is -2.13. The summed E-state index contributed by atoms with van der Waals surface area (Å²) in [5.41, 5.74) is 0. The summed E-state index contributed by atoms with van der Waals surface area (Å²) in [6, 6.07) is 0. The van der Waals surface area contributed by atoms with Crippen LogP contribution in [0.3, 0.4) is 0 Å². The molecule has 1 N–H and O–H groups in total. The van der Waals surface area contributed by atoms with Crippen molar-refractivity contribution in [2.24, 2.45) is 0 Å². The highest BCUT2D eigenvalue weighted by molar-refractivity contribution is 5.69. The van der Waals surface area contributed by atoms with E-state index in [1.54, 1.807) is 7.11 Å². The molecule has 0 aliphatic heterocycles. The van der Waals surface area contributed by atoms with Crippen LogP contribution < -0.4 is 0 Å². The second-order valence-electron chi connectivity index (χ2n) is 2.97. The standard InChI is InChI=1S/C10H20O6/c1-13-7-8-15-9-16-10(12)3-6-14-5-2-4-11/h11H,2-9H2,1H3. The highest BCUT2D eigenvalue weighted by Crippen LogP contribution is 1.90. The largest absolute Gasteiger partial charge is 0.438 e. The van der Waals surface area contributed by atoms with E-state index in [-0.39, 0.29) is 25.8 Å². The van der Waals surface area contributed by atoms with Crippen LogP contribution in [0.25, 0.3) is 0 Å². The number of hydrogen-bond donors (Lipinski definition) is 1. The van der Waals surface area contributed by atoms with Gasteiger partial charge in [0, 0.05) is 20.3 Å². The summed E-state index contributed by atoms with van der Waals surface area (Å²) in [6.07, 6.45) is 0.772. The molecule has 0 heterocycles. The van der Waals surface area contributed by atoms with Crippen LogP contribution in [0, 0.1) is 0 Å². The molecule has 0 rings (SSSR count). The molecule has 96 valence electrons. The lowest BCUT2D eigenvalue weighted by Gasteiger charge is -2.06.